The lowest BCUT2D eigenvalue weighted by Gasteiger charge is -2.15. The van der Waals surface area contributed by atoms with Crippen LogP contribution in [0.4, 0.5) is 0 Å². The maximum Gasteiger partial charge on any atom is 0.129 e. The normalized spacial score (nSPS) is 16.3. The molecule has 1 aromatic rings. The zero-order chi connectivity index (χ0) is 12.3. The molecule has 1 heterocycles. The van der Waals surface area contributed by atoms with Crippen LogP contribution >= 0.6 is 0 Å². The number of nitrogens with one attached hydrogen (secondary N) is 1. The fourth-order valence-electron chi connectivity index (χ4n) is 2.51. The van der Waals surface area contributed by atoms with E-state index in [0.717, 1.165) is 31.7 Å². The van der Waals surface area contributed by atoms with E-state index in [1.54, 1.807) is 7.11 Å². The largest absolute Gasteiger partial charge is 0.496 e. The molecule has 1 aliphatic heterocycles. The Bertz CT molecular complexity index is 435. The Morgan fingerprint density at radius 2 is 2.00 bits per heavy atom. The van der Waals surface area contributed by atoms with E-state index < -0.39 is 0 Å². The highest BCUT2D eigenvalue weighted by atomic mass is 16.5. The van der Waals surface area contributed by atoms with Gasteiger partial charge in [-0.2, -0.15) is 0 Å². The molecule has 0 radical (unpaired) electrons. The average Bonchev–Trinajstić information content (AvgIpc) is 2.56. The molecule has 0 saturated carbocycles. The monoisotopic (exact) mass is 231 g/mol. The number of ether oxygens (including phenoxy) is 1. The molecule has 2 heteroatoms. The lowest BCUT2D eigenvalue weighted by Crippen LogP contribution is -2.13. The smallest absolute Gasteiger partial charge is 0.129 e. The first-order valence-electron chi connectivity index (χ1n) is 6.27. The summed E-state index contributed by atoms with van der Waals surface area (Å²) in [6.07, 6.45) is 4.53. The molecular formula is C15H21NO. The Labute approximate surface area is 104 Å². The van der Waals surface area contributed by atoms with Crippen LogP contribution in [0.3, 0.4) is 0 Å². The summed E-state index contributed by atoms with van der Waals surface area (Å²) in [5.74, 6) is 1.03. The Morgan fingerprint density at radius 1 is 1.18 bits per heavy atom. The van der Waals surface area contributed by atoms with Crippen molar-refractivity contribution in [2.75, 3.05) is 20.2 Å². The van der Waals surface area contributed by atoms with Crippen LogP contribution < -0.4 is 10.1 Å². The molecule has 0 unspecified atom stereocenters. The molecule has 0 amide bonds. The minimum absolute atomic E-state index is 1.03. The number of benzene rings is 1. The summed E-state index contributed by atoms with van der Waals surface area (Å²) in [4.78, 5) is 0. The standard InChI is InChI=1S/C15H21NO/c1-11-9-12(2)15(17-3)14(10-11)13-5-4-7-16-8-6-13/h5,9-10,16H,4,6-8H2,1-3H3. The van der Waals surface area contributed by atoms with Gasteiger partial charge in [-0.1, -0.05) is 12.1 Å². The second-order valence-electron chi connectivity index (χ2n) is 4.68. The summed E-state index contributed by atoms with van der Waals surface area (Å²) >= 11 is 0. The minimum atomic E-state index is 1.03. The molecule has 0 aliphatic carbocycles. The molecule has 17 heavy (non-hydrogen) atoms. The van der Waals surface area contributed by atoms with Gasteiger partial charge >= 0.3 is 0 Å². The summed E-state index contributed by atoms with van der Waals surface area (Å²) in [5, 5.41) is 3.42. The first-order valence-corrected chi connectivity index (χ1v) is 6.27. The number of rotatable bonds is 2. The van der Waals surface area contributed by atoms with Crippen LogP contribution in [-0.2, 0) is 0 Å². The first-order chi connectivity index (χ1) is 8.22. The Morgan fingerprint density at radius 3 is 2.76 bits per heavy atom. The van der Waals surface area contributed by atoms with E-state index in [1.807, 2.05) is 0 Å². The molecule has 0 bridgehead atoms. The van der Waals surface area contributed by atoms with Crippen LogP contribution in [0.1, 0.15) is 29.5 Å². The predicted molar refractivity (Wildman–Crippen MR) is 72.5 cm³/mol. The molecular weight excluding hydrogens is 210 g/mol. The highest BCUT2D eigenvalue weighted by molar-refractivity contribution is 5.73. The van der Waals surface area contributed by atoms with Gasteiger partial charge in [-0.3, -0.25) is 0 Å². The molecule has 0 aromatic heterocycles. The lowest BCUT2D eigenvalue weighted by molar-refractivity contribution is 0.410. The summed E-state index contributed by atoms with van der Waals surface area (Å²) in [6.45, 7) is 6.40. The van der Waals surface area contributed by atoms with Crippen molar-refractivity contribution in [3.8, 4) is 5.75 Å². The fraction of sp³-hybridized carbons (Fsp3) is 0.467. The number of aryl methyl sites for hydroxylation is 2. The Balaban J connectivity index is 2.45. The summed E-state index contributed by atoms with van der Waals surface area (Å²) in [6, 6.07) is 4.42. The van der Waals surface area contributed by atoms with Crippen molar-refractivity contribution in [2.24, 2.45) is 0 Å². The fourth-order valence-corrected chi connectivity index (χ4v) is 2.51. The second-order valence-corrected chi connectivity index (χ2v) is 4.68. The van der Waals surface area contributed by atoms with E-state index in [-0.39, 0.29) is 0 Å². The molecule has 1 N–H and O–H groups in total. The van der Waals surface area contributed by atoms with Gasteiger partial charge in [0.05, 0.1) is 7.11 Å². The highest BCUT2D eigenvalue weighted by Gasteiger charge is 2.12. The van der Waals surface area contributed by atoms with Gasteiger partial charge in [0, 0.05) is 5.56 Å². The van der Waals surface area contributed by atoms with Crippen molar-refractivity contribution in [2.45, 2.75) is 26.7 Å². The molecule has 0 saturated heterocycles. The van der Waals surface area contributed by atoms with E-state index >= 15 is 0 Å². The lowest BCUT2D eigenvalue weighted by atomic mass is 9.96. The van der Waals surface area contributed by atoms with Gasteiger partial charge < -0.3 is 10.1 Å². The third-order valence-corrected chi connectivity index (χ3v) is 3.25. The van der Waals surface area contributed by atoms with Crippen molar-refractivity contribution in [3.63, 3.8) is 0 Å². The third-order valence-electron chi connectivity index (χ3n) is 3.25. The maximum absolute atomic E-state index is 5.56. The molecule has 0 spiro atoms. The summed E-state index contributed by atoms with van der Waals surface area (Å²) in [7, 11) is 1.76. The molecule has 2 rings (SSSR count). The summed E-state index contributed by atoms with van der Waals surface area (Å²) in [5.41, 5.74) is 5.21. The molecule has 2 nitrogen and oxygen atoms in total. The maximum atomic E-state index is 5.56. The predicted octanol–water partition coefficient (Wildman–Crippen LogP) is 3.08. The second kappa shape index (κ2) is 5.37. The molecule has 1 aliphatic rings. The van der Waals surface area contributed by atoms with E-state index in [0.29, 0.717) is 0 Å². The highest BCUT2D eigenvalue weighted by Crippen LogP contribution is 2.33. The zero-order valence-electron chi connectivity index (χ0n) is 11.0. The van der Waals surface area contributed by atoms with E-state index in [2.05, 4.69) is 37.4 Å². The Hall–Kier alpha value is -1.28. The topological polar surface area (TPSA) is 21.3 Å². The zero-order valence-corrected chi connectivity index (χ0v) is 11.0. The van der Waals surface area contributed by atoms with Gasteiger partial charge in [0.15, 0.2) is 0 Å². The SMILES string of the molecule is COc1c(C)cc(C)cc1C1=CCCNCC1. The van der Waals surface area contributed by atoms with Crippen LogP contribution in [-0.4, -0.2) is 20.2 Å². The molecule has 0 fully saturated rings. The van der Waals surface area contributed by atoms with Crippen LogP contribution in [0.5, 0.6) is 5.75 Å². The van der Waals surface area contributed by atoms with Crippen molar-refractivity contribution < 1.29 is 4.74 Å². The Kier molecular flexibility index (Phi) is 3.85. The van der Waals surface area contributed by atoms with Crippen LogP contribution in [0.2, 0.25) is 0 Å². The van der Waals surface area contributed by atoms with Gasteiger partial charge in [-0.15, -0.1) is 0 Å². The van der Waals surface area contributed by atoms with Crippen molar-refractivity contribution >= 4 is 5.57 Å². The van der Waals surface area contributed by atoms with Crippen molar-refractivity contribution in [3.05, 3.63) is 34.9 Å². The van der Waals surface area contributed by atoms with Crippen molar-refractivity contribution in [1.82, 2.24) is 5.32 Å². The van der Waals surface area contributed by atoms with Gasteiger partial charge in [0.2, 0.25) is 0 Å². The van der Waals surface area contributed by atoms with E-state index in [1.165, 1.54) is 22.3 Å². The van der Waals surface area contributed by atoms with Gasteiger partial charge in [-0.25, -0.2) is 0 Å². The van der Waals surface area contributed by atoms with Gasteiger partial charge in [0.25, 0.3) is 0 Å². The minimum Gasteiger partial charge on any atom is -0.496 e. The number of hydrogen-bond acceptors (Lipinski definition) is 2. The van der Waals surface area contributed by atoms with Crippen LogP contribution in [0, 0.1) is 13.8 Å². The van der Waals surface area contributed by atoms with Crippen LogP contribution in [0.25, 0.3) is 5.57 Å². The van der Waals surface area contributed by atoms with E-state index in [4.69, 9.17) is 4.74 Å². The van der Waals surface area contributed by atoms with E-state index in [9.17, 15) is 0 Å². The molecule has 1 aromatic carbocycles. The third kappa shape index (κ3) is 2.70. The number of methoxy groups -OCH3 is 1. The van der Waals surface area contributed by atoms with Crippen LogP contribution in [0.15, 0.2) is 18.2 Å². The summed E-state index contributed by atoms with van der Waals surface area (Å²) < 4.78 is 5.56. The average molecular weight is 231 g/mol. The quantitative estimate of drug-likeness (QED) is 0.844. The van der Waals surface area contributed by atoms with Gasteiger partial charge in [0.1, 0.15) is 5.75 Å². The molecule has 92 valence electrons. The first kappa shape index (κ1) is 12.2. The van der Waals surface area contributed by atoms with Gasteiger partial charge in [-0.05, 0) is 62.5 Å². The van der Waals surface area contributed by atoms with Crippen molar-refractivity contribution in [1.29, 1.82) is 0 Å². The number of hydrogen-bond donors (Lipinski definition) is 1. The molecule has 0 atom stereocenters.